The maximum Gasteiger partial charge on any atom is 0.373 e. The predicted molar refractivity (Wildman–Crippen MR) is 65.9 cm³/mol. The van der Waals surface area contributed by atoms with Crippen LogP contribution in [-0.4, -0.2) is 25.2 Å². The van der Waals surface area contributed by atoms with E-state index in [4.69, 9.17) is 21.1 Å². The van der Waals surface area contributed by atoms with Crippen LogP contribution in [0.2, 0.25) is 5.02 Å². The molecule has 0 bridgehead atoms. The van der Waals surface area contributed by atoms with Gasteiger partial charge < -0.3 is 9.52 Å². The van der Waals surface area contributed by atoms with Gasteiger partial charge in [-0.25, -0.2) is 13.2 Å². The third-order valence-electron chi connectivity index (χ3n) is 2.49. The van der Waals surface area contributed by atoms with Gasteiger partial charge in [0, 0.05) is 10.4 Å². The Labute approximate surface area is 108 Å². The number of fused-ring (bicyclic) bond motifs is 1. The summed E-state index contributed by atoms with van der Waals surface area (Å²) < 4.78 is 29.0. The first kappa shape index (κ1) is 12.9. The molecule has 2 aromatic rings. The van der Waals surface area contributed by atoms with Crippen LogP contribution < -0.4 is 0 Å². The fraction of sp³-hybridized carbons (Fsp3) is 0.182. The summed E-state index contributed by atoms with van der Waals surface area (Å²) in [4.78, 5) is 10.7. The van der Waals surface area contributed by atoms with Crippen LogP contribution >= 0.6 is 11.6 Å². The van der Waals surface area contributed by atoms with E-state index in [1.54, 1.807) is 0 Å². The highest BCUT2D eigenvalue weighted by Gasteiger charge is 2.28. The highest BCUT2D eigenvalue weighted by molar-refractivity contribution is 7.91. The number of furan rings is 1. The van der Waals surface area contributed by atoms with Crippen molar-refractivity contribution >= 4 is 38.4 Å². The lowest BCUT2D eigenvalue weighted by molar-refractivity contribution is 0.0659. The Morgan fingerprint density at radius 3 is 2.67 bits per heavy atom. The molecule has 1 aromatic heterocycles. The lowest BCUT2D eigenvalue weighted by Crippen LogP contribution is -2.08. The number of carboxylic acid groups (broad SMARTS) is 1. The zero-order valence-electron chi connectivity index (χ0n) is 9.31. The van der Waals surface area contributed by atoms with Crippen LogP contribution in [0.5, 0.6) is 0 Å². The molecule has 7 heteroatoms. The van der Waals surface area contributed by atoms with Gasteiger partial charge in [0.05, 0.1) is 5.75 Å². The average Bonchev–Trinajstić information content (AvgIpc) is 2.68. The summed E-state index contributed by atoms with van der Waals surface area (Å²) >= 11 is 5.79. The summed E-state index contributed by atoms with van der Waals surface area (Å²) in [5.74, 6) is -2.21. The normalized spacial score (nSPS) is 11.9. The molecule has 0 amide bonds. The van der Waals surface area contributed by atoms with Crippen molar-refractivity contribution in [2.24, 2.45) is 0 Å². The van der Waals surface area contributed by atoms with Crippen molar-refractivity contribution in [3.63, 3.8) is 0 Å². The van der Waals surface area contributed by atoms with Gasteiger partial charge in [-0.05, 0) is 18.2 Å². The molecule has 1 aromatic carbocycles. The fourth-order valence-electron chi connectivity index (χ4n) is 1.64. The molecule has 5 nitrogen and oxygen atoms in total. The van der Waals surface area contributed by atoms with Crippen LogP contribution in [0.15, 0.2) is 27.5 Å². The molecule has 0 spiro atoms. The molecule has 0 fully saturated rings. The number of hydrogen-bond acceptors (Lipinski definition) is 4. The second kappa shape index (κ2) is 4.29. The molecule has 0 aliphatic heterocycles. The Kier molecular flexibility index (Phi) is 3.08. The first-order valence-corrected chi connectivity index (χ1v) is 7.08. The van der Waals surface area contributed by atoms with Crippen LogP contribution in [0.4, 0.5) is 0 Å². The van der Waals surface area contributed by atoms with Gasteiger partial charge in [-0.15, -0.1) is 0 Å². The standard InChI is InChI=1S/C11H9ClO5S/c1-2-18(15,16)10-7-5-6(12)3-4-8(7)17-9(10)11(13)14/h3-5H,2H2,1H3,(H,13,14). The number of halogens is 1. The summed E-state index contributed by atoms with van der Waals surface area (Å²) in [6, 6.07) is 4.33. The summed E-state index contributed by atoms with van der Waals surface area (Å²) in [6.07, 6.45) is 0. The van der Waals surface area contributed by atoms with Gasteiger partial charge in [0.15, 0.2) is 9.84 Å². The number of carbonyl (C=O) groups is 1. The van der Waals surface area contributed by atoms with Gasteiger partial charge in [-0.2, -0.15) is 0 Å². The highest BCUT2D eigenvalue weighted by Crippen LogP contribution is 2.32. The maximum atomic E-state index is 11.9. The molecule has 18 heavy (non-hydrogen) atoms. The lowest BCUT2D eigenvalue weighted by atomic mass is 10.2. The molecule has 0 aliphatic carbocycles. The monoisotopic (exact) mass is 288 g/mol. The second-order valence-corrected chi connectivity index (χ2v) is 6.26. The number of benzene rings is 1. The van der Waals surface area contributed by atoms with Gasteiger partial charge in [0.25, 0.3) is 0 Å². The summed E-state index contributed by atoms with van der Waals surface area (Å²) in [5, 5.41) is 9.51. The van der Waals surface area contributed by atoms with Crippen molar-refractivity contribution in [3.8, 4) is 0 Å². The number of hydrogen-bond donors (Lipinski definition) is 1. The van der Waals surface area contributed by atoms with Gasteiger partial charge >= 0.3 is 5.97 Å². The highest BCUT2D eigenvalue weighted by atomic mass is 35.5. The summed E-state index contributed by atoms with van der Waals surface area (Å²) in [5.41, 5.74) is 0.184. The van der Waals surface area contributed by atoms with Crippen molar-refractivity contribution in [2.45, 2.75) is 11.8 Å². The zero-order valence-corrected chi connectivity index (χ0v) is 10.9. The van der Waals surface area contributed by atoms with Gasteiger partial charge in [0.2, 0.25) is 5.76 Å². The fourth-order valence-corrected chi connectivity index (χ4v) is 3.01. The van der Waals surface area contributed by atoms with Crippen molar-refractivity contribution in [1.29, 1.82) is 0 Å². The number of aromatic carboxylic acids is 1. The molecular weight excluding hydrogens is 280 g/mol. The molecule has 2 rings (SSSR count). The van der Waals surface area contributed by atoms with E-state index < -0.39 is 21.6 Å². The molecule has 0 unspecified atom stereocenters. The van der Waals surface area contributed by atoms with Crippen LogP contribution in [0, 0.1) is 0 Å². The first-order valence-electron chi connectivity index (χ1n) is 5.05. The topological polar surface area (TPSA) is 84.6 Å². The van der Waals surface area contributed by atoms with Crippen LogP contribution in [-0.2, 0) is 9.84 Å². The van der Waals surface area contributed by atoms with Crippen LogP contribution in [0.3, 0.4) is 0 Å². The third kappa shape index (κ3) is 1.97. The number of rotatable bonds is 3. The van der Waals surface area contributed by atoms with Crippen molar-refractivity contribution < 1.29 is 22.7 Å². The van der Waals surface area contributed by atoms with Gasteiger partial charge in [-0.1, -0.05) is 18.5 Å². The van der Waals surface area contributed by atoms with E-state index >= 15 is 0 Å². The molecule has 0 radical (unpaired) electrons. The van der Waals surface area contributed by atoms with Crippen molar-refractivity contribution in [2.75, 3.05) is 5.75 Å². The van der Waals surface area contributed by atoms with E-state index in [0.29, 0.717) is 5.02 Å². The number of carboxylic acids is 1. The first-order chi connectivity index (χ1) is 8.36. The largest absolute Gasteiger partial charge is 0.475 e. The Morgan fingerprint density at radius 2 is 2.11 bits per heavy atom. The zero-order chi connectivity index (χ0) is 13.5. The Balaban J connectivity index is 2.94. The van der Waals surface area contributed by atoms with Crippen molar-refractivity contribution in [1.82, 2.24) is 0 Å². The predicted octanol–water partition coefficient (Wildman–Crippen LogP) is 2.58. The van der Waals surface area contributed by atoms with E-state index in [0.717, 1.165) is 0 Å². The Bertz CT molecular complexity index is 729. The van der Waals surface area contributed by atoms with Gasteiger partial charge in [0.1, 0.15) is 10.5 Å². The van der Waals surface area contributed by atoms with E-state index in [-0.39, 0.29) is 21.6 Å². The molecule has 0 saturated carbocycles. The van der Waals surface area contributed by atoms with Crippen LogP contribution in [0.25, 0.3) is 11.0 Å². The molecular formula is C11H9ClO5S. The Hall–Kier alpha value is -1.53. The molecule has 96 valence electrons. The van der Waals surface area contributed by atoms with Crippen molar-refractivity contribution in [3.05, 3.63) is 29.0 Å². The molecule has 1 N–H and O–H groups in total. The molecule has 0 aliphatic rings. The molecule has 0 atom stereocenters. The van der Waals surface area contributed by atoms with E-state index in [1.165, 1.54) is 25.1 Å². The molecule has 1 heterocycles. The molecule has 0 saturated heterocycles. The third-order valence-corrected chi connectivity index (χ3v) is 4.51. The smallest absolute Gasteiger partial charge is 0.373 e. The Morgan fingerprint density at radius 1 is 1.44 bits per heavy atom. The minimum atomic E-state index is -3.71. The van der Waals surface area contributed by atoms with E-state index in [9.17, 15) is 13.2 Å². The SMILES string of the molecule is CCS(=O)(=O)c1c(C(=O)O)oc2ccc(Cl)cc12. The average molecular weight is 289 g/mol. The number of sulfone groups is 1. The summed E-state index contributed by atoms with van der Waals surface area (Å²) in [6.45, 7) is 1.43. The minimum Gasteiger partial charge on any atom is -0.475 e. The van der Waals surface area contributed by atoms with Gasteiger partial charge in [-0.3, -0.25) is 0 Å². The minimum absolute atomic E-state index is 0.184. The lowest BCUT2D eigenvalue weighted by Gasteiger charge is -1.99. The van der Waals surface area contributed by atoms with E-state index in [2.05, 4.69) is 0 Å². The quantitative estimate of drug-likeness (QED) is 0.938. The summed E-state index contributed by atoms with van der Waals surface area (Å²) in [7, 11) is -3.71. The second-order valence-electron chi connectivity index (χ2n) is 3.61. The van der Waals surface area contributed by atoms with Crippen LogP contribution in [0.1, 0.15) is 17.5 Å². The van der Waals surface area contributed by atoms with E-state index in [1.807, 2.05) is 0 Å². The maximum absolute atomic E-state index is 11.9.